The number of nitrogens with one attached hydrogen (secondary N) is 2. The van der Waals surface area contributed by atoms with E-state index in [-0.39, 0.29) is 0 Å². The van der Waals surface area contributed by atoms with Crippen molar-refractivity contribution in [2.45, 2.75) is 32.6 Å². The van der Waals surface area contributed by atoms with Crippen LogP contribution in [0.2, 0.25) is 0 Å². The van der Waals surface area contributed by atoms with Gasteiger partial charge in [-0.1, -0.05) is 44.4 Å². The van der Waals surface area contributed by atoms with Gasteiger partial charge in [0.1, 0.15) is 5.75 Å². The predicted molar refractivity (Wildman–Crippen MR) is 120 cm³/mol. The van der Waals surface area contributed by atoms with Gasteiger partial charge in [-0.15, -0.1) is 0 Å². The zero-order valence-electron chi connectivity index (χ0n) is 16.9. The lowest BCUT2D eigenvalue weighted by molar-refractivity contribution is 0.305. The number of ether oxygens (including phenoxy) is 1. The molecule has 2 aromatic rings. The molecule has 148 valence electrons. The summed E-state index contributed by atoms with van der Waals surface area (Å²) in [5.74, 6) is 0.932. The largest absolute Gasteiger partial charge is 0.494 e. The van der Waals surface area contributed by atoms with E-state index < -0.39 is 0 Å². The Kier molecular flexibility index (Phi) is 7.42. The zero-order chi connectivity index (χ0) is 19.6. The minimum atomic E-state index is 0.793. The highest BCUT2D eigenvalue weighted by molar-refractivity contribution is 5.75. The average molecular weight is 378 g/mol. The van der Waals surface area contributed by atoms with Crippen LogP contribution in [0.15, 0.2) is 66.9 Å². The van der Waals surface area contributed by atoms with Crippen LogP contribution >= 0.6 is 0 Å². The number of hydrogen-bond donors (Lipinski definition) is 2. The van der Waals surface area contributed by atoms with Crippen molar-refractivity contribution >= 4 is 16.9 Å². The molecule has 0 aromatic heterocycles. The number of hydrogen-bond acceptors (Lipinski definition) is 4. The maximum atomic E-state index is 5.82. The van der Waals surface area contributed by atoms with Crippen LogP contribution in [0.4, 0.5) is 11.4 Å². The van der Waals surface area contributed by atoms with Crippen molar-refractivity contribution in [2.75, 3.05) is 30.6 Å². The Balaban J connectivity index is 1.50. The number of rotatable bonds is 10. The summed E-state index contributed by atoms with van der Waals surface area (Å²) in [4.78, 5) is 0. The second-order valence-corrected chi connectivity index (χ2v) is 7.05. The van der Waals surface area contributed by atoms with E-state index in [2.05, 4.69) is 66.2 Å². The maximum Gasteiger partial charge on any atom is 0.119 e. The Morgan fingerprint density at radius 3 is 2.46 bits per heavy atom. The minimum absolute atomic E-state index is 0.793. The van der Waals surface area contributed by atoms with Crippen LogP contribution in [0.25, 0.3) is 5.57 Å². The molecule has 0 aliphatic carbocycles. The summed E-state index contributed by atoms with van der Waals surface area (Å²) >= 11 is 0. The summed E-state index contributed by atoms with van der Waals surface area (Å²) in [6.45, 7) is 3.90. The van der Waals surface area contributed by atoms with Gasteiger partial charge >= 0.3 is 0 Å². The third-order valence-corrected chi connectivity index (χ3v) is 4.83. The molecule has 0 fully saturated rings. The molecule has 0 saturated carbocycles. The SMILES string of the molecule is CCCCCCOc1ccc(N(C)Nc2ccc(C3=CCNC=C3)cc2)cc1. The summed E-state index contributed by atoms with van der Waals surface area (Å²) in [5.41, 5.74) is 8.04. The molecule has 0 atom stereocenters. The van der Waals surface area contributed by atoms with Crippen LogP contribution < -0.4 is 20.5 Å². The number of nitrogens with zero attached hydrogens (tertiary/aromatic N) is 1. The molecule has 0 amide bonds. The van der Waals surface area contributed by atoms with Gasteiger partial charge < -0.3 is 10.1 Å². The Morgan fingerprint density at radius 1 is 1.00 bits per heavy atom. The summed E-state index contributed by atoms with van der Waals surface area (Å²) < 4.78 is 5.82. The van der Waals surface area contributed by atoms with E-state index in [1.165, 1.54) is 30.4 Å². The molecule has 1 heterocycles. The number of unbranched alkanes of at least 4 members (excludes halogenated alkanes) is 3. The molecule has 0 bridgehead atoms. The van der Waals surface area contributed by atoms with Crippen molar-refractivity contribution in [3.8, 4) is 5.75 Å². The molecule has 28 heavy (non-hydrogen) atoms. The van der Waals surface area contributed by atoms with E-state index >= 15 is 0 Å². The standard InChI is InChI=1S/C24H31N3O/c1-3-4-5-6-19-28-24-13-11-23(12-14-24)27(2)26-22-9-7-20(8-10-22)21-15-17-25-18-16-21/h7-17,25-26H,3-6,18-19H2,1-2H3. The zero-order valence-corrected chi connectivity index (χ0v) is 16.9. The van der Waals surface area contributed by atoms with E-state index in [9.17, 15) is 0 Å². The highest BCUT2D eigenvalue weighted by Crippen LogP contribution is 2.22. The quantitative estimate of drug-likeness (QED) is 0.417. The first-order valence-corrected chi connectivity index (χ1v) is 10.2. The van der Waals surface area contributed by atoms with E-state index in [0.29, 0.717) is 0 Å². The third-order valence-electron chi connectivity index (χ3n) is 4.83. The monoisotopic (exact) mass is 377 g/mol. The lowest BCUT2D eigenvalue weighted by Crippen LogP contribution is -2.24. The molecule has 2 aromatic carbocycles. The summed E-state index contributed by atoms with van der Waals surface area (Å²) in [6.07, 6.45) is 11.2. The van der Waals surface area contributed by atoms with Crippen LogP contribution in [0, 0.1) is 0 Å². The molecule has 2 N–H and O–H groups in total. The van der Waals surface area contributed by atoms with Gasteiger partial charge in [-0.05, 0) is 66.2 Å². The molecular weight excluding hydrogens is 346 g/mol. The van der Waals surface area contributed by atoms with Crippen molar-refractivity contribution in [1.29, 1.82) is 0 Å². The smallest absolute Gasteiger partial charge is 0.119 e. The van der Waals surface area contributed by atoms with Crippen LogP contribution in [0.5, 0.6) is 5.75 Å². The molecule has 0 unspecified atom stereocenters. The Hall–Kier alpha value is -2.88. The second kappa shape index (κ2) is 10.5. The van der Waals surface area contributed by atoms with E-state index in [4.69, 9.17) is 4.74 Å². The third kappa shape index (κ3) is 5.81. The molecule has 4 nitrogen and oxygen atoms in total. The molecule has 0 spiro atoms. The molecule has 1 aliphatic heterocycles. The highest BCUT2D eigenvalue weighted by atomic mass is 16.5. The van der Waals surface area contributed by atoms with Crippen LogP contribution in [0.1, 0.15) is 38.2 Å². The molecule has 4 heteroatoms. The van der Waals surface area contributed by atoms with Gasteiger partial charge in [0.25, 0.3) is 0 Å². The highest BCUT2D eigenvalue weighted by Gasteiger charge is 2.04. The Bertz CT molecular complexity index is 779. The Labute approximate surface area is 168 Å². The van der Waals surface area contributed by atoms with Gasteiger partial charge in [0.2, 0.25) is 0 Å². The van der Waals surface area contributed by atoms with E-state index in [1.807, 2.05) is 30.4 Å². The van der Waals surface area contributed by atoms with Crippen molar-refractivity contribution in [3.63, 3.8) is 0 Å². The molecular formula is C24H31N3O. The van der Waals surface area contributed by atoms with Gasteiger partial charge in [0, 0.05) is 13.6 Å². The van der Waals surface area contributed by atoms with Crippen molar-refractivity contribution < 1.29 is 4.74 Å². The summed E-state index contributed by atoms with van der Waals surface area (Å²) in [5, 5.41) is 5.20. The fourth-order valence-electron chi connectivity index (χ4n) is 3.15. The molecule has 1 aliphatic rings. The first kappa shape index (κ1) is 19.9. The first-order valence-electron chi connectivity index (χ1n) is 10.2. The van der Waals surface area contributed by atoms with Crippen molar-refractivity contribution in [2.24, 2.45) is 0 Å². The molecule has 0 saturated heterocycles. The fraction of sp³-hybridized carbons (Fsp3) is 0.333. The predicted octanol–water partition coefficient (Wildman–Crippen LogP) is 5.61. The summed E-state index contributed by atoms with van der Waals surface area (Å²) in [7, 11) is 2.02. The average Bonchev–Trinajstić information content (AvgIpc) is 2.75. The van der Waals surface area contributed by atoms with Gasteiger partial charge in [-0.25, -0.2) is 0 Å². The topological polar surface area (TPSA) is 36.5 Å². The number of hydrazine groups is 1. The maximum absolute atomic E-state index is 5.82. The van der Waals surface area contributed by atoms with E-state index in [0.717, 1.165) is 36.7 Å². The number of allylic oxidation sites excluding steroid dienone is 2. The fourth-order valence-corrected chi connectivity index (χ4v) is 3.15. The molecule has 3 rings (SSSR count). The van der Waals surface area contributed by atoms with E-state index in [1.54, 1.807) is 0 Å². The lowest BCUT2D eigenvalue weighted by atomic mass is 10.0. The lowest BCUT2D eigenvalue weighted by Gasteiger charge is -2.22. The van der Waals surface area contributed by atoms with Gasteiger partial charge in [-0.2, -0.15) is 0 Å². The Morgan fingerprint density at radius 2 is 1.79 bits per heavy atom. The van der Waals surface area contributed by atoms with Gasteiger partial charge in [0.15, 0.2) is 0 Å². The number of anilines is 2. The normalized spacial score (nSPS) is 12.9. The van der Waals surface area contributed by atoms with Crippen LogP contribution in [0.3, 0.4) is 0 Å². The first-order chi connectivity index (χ1) is 13.8. The van der Waals surface area contributed by atoms with Crippen LogP contribution in [-0.2, 0) is 0 Å². The van der Waals surface area contributed by atoms with Crippen molar-refractivity contribution in [3.05, 3.63) is 72.4 Å². The second-order valence-electron chi connectivity index (χ2n) is 7.05. The minimum Gasteiger partial charge on any atom is -0.494 e. The van der Waals surface area contributed by atoms with Crippen molar-refractivity contribution in [1.82, 2.24) is 5.32 Å². The summed E-state index contributed by atoms with van der Waals surface area (Å²) in [6, 6.07) is 16.7. The van der Waals surface area contributed by atoms with Gasteiger partial charge in [0.05, 0.1) is 18.0 Å². The van der Waals surface area contributed by atoms with Gasteiger partial charge in [-0.3, -0.25) is 10.4 Å². The number of benzene rings is 2. The number of dihydropyridines is 1. The molecule has 0 radical (unpaired) electrons. The van der Waals surface area contributed by atoms with Crippen LogP contribution in [-0.4, -0.2) is 20.2 Å².